The Morgan fingerprint density at radius 2 is 1.70 bits per heavy atom. The first-order valence-corrected chi connectivity index (χ1v) is 10.8. The Bertz CT molecular complexity index is 850. The predicted molar refractivity (Wildman–Crippen MR) is 108 cm³/mol. The van der Waals surface area contributed by atoms with Crippen LogP contribution in [-0.4, -0.2) is 0 Å². The molecule has 144 valence electrons. The zero-order chi connectivity index (χ0) is 19.0. The van der Waals surface area contributed by atoms with Crippen LogP contribution < -0.4 is 0 Å². The third kappa shape index (κ3) is 3.32. The molecule has 1 atom stereocenters. The first kappa shape index (κ1) is 18.7. The van der Waals surface area contributed by atoms with Gasteiger partial charge >= 0.3 is 0 Å². The highest BCUT2D eigenvalue weighted by Gasteiger charge is 2.33. The summed E-state index contributed by atoms with van der Waals surface area (Å²) in [4.78, 5) is 0. The van der Waals surface area contributed by atoms with Crippen LogP contribution in [-0.2, 0) is 32.1 Å². The molecule has 0 heterocycles. The molecule has 2 aromatic rings. The van der Waals surface area contributed by atoms with Gasteiger partial charge in [-0.1, -0.05) is 57.7 Å². The summed E-state index contributed by atoms with van der Waals surface area (Å²) in [5.74, 6) is -0.712. The van der Waals surface area contributed by atoms with Crippen molar-refractivity contribution in [2.24, 2.45) is 5.92 Å². The van der Waals surface area contributed by atoms with E-state index in [2.05, 4.69) is 26.0 Å². The molecule has 2 aliphatic rings. The van der Waals surface area contributed by atoms with E-state index in [4.69, 9.17) is 0 Å². The molecule has 0 saturated heterocycles. The fourth-order valence-corrected chi connectivity index (χ4v) is 5.21. The predicted octanol–water partition coefficient (Wildman–Crippen LogP) is 6.98. The van der Waals surface area contributed by atoms with Gasteiger partial charge in [0.25, 0.3) is 0 Å². The lowest BCUT2D eigenvalue weighted by atomic mass is 9.80. The van der Waals surface area contributed by atoms with Gasteiger partial charge in [0.1, 0.15) is 0 Å². The normalized spacial score (nSPS) is 17.6. The molecule has 0 saturated carbocycles. The summed E-state index contributed by atoms with van der Waals surface area (Å²) in [6.45, 7) is 4.38. The molecule has 0 radical (unpaired) electrons. The van der Waals surface area contributed by atoms with Gasteiger partial charge in [-0.3, -0.25) is 0 Å². The van der Waals surface area contributed by atoms with Gasteiger partial charge < -0.3 is 0 Å². The fourth-order valence-electron chi connectivity index (χ4n) is 5.21. The van der Waals surface area contributed by atoms with Crippen LogP contribution in [0.5, 0.6) is 0 Å². The minimum Gasteiger partial charge on any atom is -0.203 e. The van der Waals surface area contributed by atoms with Crippen LogP contribution in [0.2, 0.25) is 0 Å². The van der Waals surface area contributed by atoms with Crippen molar-refractivity contribution < 1.29 is 8.78 Å². The largest absolute Gasteiger partial charge is 0.203 e. The highest BCUT2D eigenvalue weighted by Crippen LogP contribution is 2.44. The van der Waals surface area contributed by atoms with E-state index < -0.39 is 11.6 Å². The van der Waals surface area contributed by atoms with Crippen molar-refractivity contribution >= 4 is 0 Å². The van der Waals surface area contributed by atoms with Gasteiger partial charge in [0.15, 0.2) is 11.6 Å². The summed E-state index contributed by atoms with van der Waals surface area (Å²) in [7, 11) is 0. The van der Waals surface area contributed by atoms with E-state index in [1.165, 1.54) is 30.4 Å². The number of unbranched alkanes of at least 4 members (excludes halogenated alkanes) is 2. The number of benzene rings is 2. The minimum absolute atomic E-state index is 0.479. The summed E-state index contributed by atoms with van der Waals surface area (Å²) in [6, 6.07) is 6.40. The maximum atomic E-state index is 15.1. The Hall–Kier alpha value is -1.70. The summed E-state index contributed by atoms with van der Waals surface area (Å²) in [6.07, 6.45) is 10.4. The lowest BCUT2D eigenvalue weighted by Crippen LogP contribution is -2.12. The van der Waals surface area contributed by atoms with Crippen LogP contribution in [0.25, 0.3) is 11.1 Å². The van der Waals surface area contributed by atoms with E-state index in [0.717, 1.165) is 55.2 Å². The summed E-state index contributed by atoms with van der Waals surface area (Å²) >= 11 is 0. The molecule has 4 rings (SSSR count). The molecule has 0 spiro atoms. The fraction of sp³-hybridized carbons (Fsp3) is 0.520. The molecule has 1 unspecified atom stereocenters. The Kier molecular flexibility index (Phi) is 5.34. The lowest BCUT2D eigenvalue weighted by Gasteiger charge is -2.24. The molecular weight excluding hydrogens is 338 g/mol. The topological polar surface area (TPSA) is 0 Å². The van der Waals surface area contributed by atoms with E-state index in [-0.39, 0.29) is 0 Å². The Balaban J connectivity index is 1.73. The maximum absolute atomic E-state index is 15.1. The number of hydrogen-bond donors (Lipinski definition) is 0. The molecule has 0 nitrogen and oxygen atoms in total. The number of aryl methyl sites for hydroxylation is 2. The second kappa shape index (κ2) is 7.73. The molecule has 0 aromatic heterocycles. The van der Waals surface area contributed by atoms with Gasteiger partial charge in [-0.25, -0.2) is 8.78 Å². The third-order valence-electron chi connectivity index (χ3n) is 6.54. The van der Waals surface area contributed by atoms with E-state index in [9.17, 15) is 4.39 Å². The summed E-state index contributed by atoms with van der Waals surface area (Å²) < 4.78 is 30.0. The highest BCUT2D eigenvalue weighted by atomic mass is 19.2. The van der Waals surface area contributed by atoms with Crippen molar-refractivity contribution in [3.63, 3.8) is 0 Å². The standard InChI is InChI=1S/C25H30F2/c1-3-5-6-8-16-9-11-19-18(13-16)10-12-20-21-14-17(7-4-2)15-22(21)24(26)25(27)23(19)20/h9,11,13,17H,3-8,10,12,14-15H2,1-2H3. The first-order valence-electron chi connectivity index (χ1n) is 10.8. The van der Waals surface area contributed by atoms with Crippen LogP contribution in [0.3, 0.4) is 0 Å². The molecule has 0 bridgehead atoms. The van der Waals surface area contributed by atoms with Crippen molar-refractivity contribution in [2.45, 2.75) is 78.1 Å². The van der Waals surface area contributed by atoms with Gasteiger partial charge in [-0.2, -0.15) is 0 Å². The number of fused-ring (bicyclic) bond motifs is 5. The van der Waals surface area contributed by atoms with Crippen LogP contribution in [0, 0.1) is 17.6 Å². The van der Waals surface area contributed by atoms with Gasteiger partial charge in [0, 0.05) is 5.56 Å². The summed E-state index contributed by atoms with van der Waals surface area (Å²) in [5, 5.41) is 0. The molecule has 0 amide bonds. The molecule has 2 aliphatic carbocycles. The molecule has 0 N–H and O–H groups in total. The third-order valence-corrected chi connectivity index (χ3v) is 6.54. The van der Waals surface area contributed by atoms with Crippen molar-refractivity contribution in [2.75, 3.05) is 0 Å². The van der Waals surface area contributed by atoms with E-state index in [1.54, 1.807) is 0 Å². The molecular formula is C25H30F2. The van der Waals surface area contributed by atoms with Crippen LogP contribution >= 0.6 is 0 Å². The Morgan fingerprint density at radius 1 is 0.889 bits per heavy atom. The van der Waals surface area contributed by atoms with Crippen LogP contribution in [0.4, 0.5) is 8.78 Å². The molecule has 0 aliphatic heterocycles. The Labute approximate surface area is 162 Å². The van der Waals surface area contributed by atoms with E-state index in [0.29, 0.717) is 23.5 Å². The Morgan fingerprint density at radius 3 is 2.48 bits per heavy atom. The van der Waals surface area contributed by atoms with Gasteiger partial charge in [-0.05, 0) is 77.8 Å². The molecule has 2 aromatic carbocycles. The lowest BCUT2D eigenvalue weighted by molar-refractivity contribution is 0.481. The average molecular weight is 369 g/mol. The van der Waals surface area contributed by atoms with Crippen molar-refractivity contribution in [3.05, 3.63) is 57.7 Å². The van der Waals surface area contributed by atoms with Crippen molar-refractivity contribution in [3.8, 4) is 11.1 Å². The van der Waals surface area contributed by atoms with Crippen molar-refractivity contribution in [1.82, 2.24) is 0 Å². The number of halogens is 2. The van der Waals surface area contributed by atoms with Gasteiger partial charge in [0.2, 0.25) is 0 Å². The van der Waals surface area contributed by atoms with Crippen LogP contribution in [0.1, 0.15) is 73.8 Å². The smallest absolute Gasteiger partial charge is 0.167 e. The average Bonchev–Trinajstić information content (AvgIpc) is 3.10. The number of rotatable bonds is 6. The second-order valence-corrected chi connectivity index (χ2v) is 8.45. The van der Waals surface area contributed by atoms with E-state index in [1.807, 2.05) is 6.07 Å². The maximum Gasteiger partial charge on any atom is 0.167 e. The quantitative estimate of drug-likeness (QED) is 0.483. The molecule has 2 heteroatoms. The molecule has 0 fully saturated rings. The monoisotopic (exact) mass is 368 g/mol. The first-order chi connectivity index (χ1) is 13.1. The SMILES string of the molecule is CCCCCc1ccc2c(c1)CCc1c3c(c(F)c(F)c1-2)CC(CCC)C3. The van der Waals surface area contributed by atoms with Gasteiger partial charge in [-0.15, -0.1) is 0 Å². The number of hydrogen-bond acceptors (Lipinski definition) is 0. The van der Waals surface area contributed by atoms with Crippen molar-refractivity contribution in [1.29, 1.82) is 0 Å². The minimum atomic E-state index is -0.611. The van der Waals surface area contributed by atoms with E-state index >= 15 is 4.39 Å². The molecule has 27 heavy (non-hydrogen) atoms. The highest BCUT2D eigenvalue weighted by molar-refractivity contribution is 5.76. The van der Waals surface area contributed by atoms with Gasteiger partial charge in [0.05, 0.1) is 0 Å². The van der Waals surface area contributed by atoms with Crippen LogP contribution in [0.15, 0.2) is 18.2 Å². The zero-order valence-electron chi connectivity index (χ0n) is 16.6. The summed E-state index contributed by atoms with van der Waals surface area (Å²) in [5.41, 5.74) is 6.89. The zero-order valence-corrected chi connectivity index (χ0v) is 16.6. The second-order valence-electron chi connectivity index (χ2n) is 8.45.